The standard InChI is InChI=1S/C12H23N3O3S/c1-6-8(2)9(16)13-11(3,4)7-12(5)10(17)14-19(18)15-12/h8,15H,6-7H2,1-5H3,(H,13,16)(H,14,17). The Labute approximate surface area is 117 Å². The molecule has 1 saturated heterocycles. The third-order valence-electron chi connectivity index (χ3n) is 3.32. The minimum absolute atomic E-state index is 0.0318. The summed E-state index contributed by atoms with van der Waals surface area (Å²) in [4.78, 5) is 23.7. The number of amides is 2. The third-order valence-corrected chi connectivity index (χ3v) is 4.33. The molecule has 19 heavy (non-hydrogen) atoms. The lowest BCUT2D eigenvalue weighted by molar-refractivity contribution is -0.128. The SMILES string of the molecule is CCC(C)C(=O)NC(C)(C)CC1(C)N[S+]([O-])NC1=O. The molecule has 1 rings (SSSR count). The Morgan fingerprint density at radius 2 is 2.16 bits per heavy atom. The number of hydrogen-bond acceptors (Lipinski definition) is 4. The van der Waals surface area contributed by atoms with Crippen molar-refractivity contribution in [2.45, 2.75) is 58.5 Å². The largest absolute Gasteiger partial charge is 0.573 e. The minimum atomic E-state index is -1.54. The lowest BCUT2D eigenvalue weighted by Gasteiger charge is -2.32. The monoisotopic (exact) mass is 289 g/mol. The van der Waals surface area contributed by atoms with E-state index in [0.29, 0.717) is 6.42 Å². The summed E-state index contributed by atoms with van der Waals surface area (Å²) in [6.07, 6.45) is 1.13. The average molecular weight is 289 g/mol. The zero-order valence-electron chi connectivity index (χ0n) is 12.1. The van der Waals surface area contributed by atoms with Crippen LogP contribution in [0.25, 0.3) is 0 Å². The van der Waals surface area contributed by atoms with Gasteiger partial charge in [0.15, 0.2) is 11.5 Å². The maximum atomic E-state index is 11.9. The Morgan fingerprint density at radius 1 is 1.58 bits per heavy atom. The topological polar surface area (TPSA) is 93.3 Å². The molecular formula is C12H23N3O3S. The lowest BCUT2D eigenvalue weighted by atomic mass is 9.85. The van der Waals surface area contributed by atoms with Crippen LogP contribution < -0.4 is 14.8 Å². The maximum absolute atomic E-state index is 11.9. The molecule has 6 nitrogen and oxygen atoms in total. The first-order valence-electron chi connectivity index (χ1n) is 6.42. The summed E-state index contributed by atoms with van der Waals surface area (Å²) in [6, 6.07) is 0. The highest BCUT2D eigenvalue weighted by molar-refractivity contribution is 7.88. The number of carbonyl (C=O) groups is 2. The molecule has 0 aromatic heterocycles. The Balaban J connectivity index is 2.69. The second-order valence-corrected chi connectivity index (χ2v) is 6.94. The van der Waals surface area contributed by atoms with Crippen LogP contribution in [0.15, 0.2) is 0 Å². The van der Waals surface area contributed by atoms with E-state index >= 15 is 0 Å². The van der Waals surface area contributed by atoms with Crippen molar-refractivity contribution >= 4 is 23.4 Å². The average Bonchev–Trinajstić information content (AvgIpc) is 2.48. The van der Waals surface area contributed by atoms with Crippen molar-refractivity contribution in [1.82, 2.24) is 14.8 Å². The first-order valence-corrected chi connectivity index (χ1v) is 7.57. The van der Waals surface area contributed by atoms with Crippen LogP contribution in [0, 0.1) is 5.92 Å². The second kappa shape index (κ2) is 5.68. The van der Waals surface area contributed by atoms with Gasteiger partial charge in [-0.2, -0.15) is 4.72 Å². The Hall–Kier alpha value is -0.790. The molecule has 7 heteroatoms. The van der Waals surface area contributed by atoms with Crippen molar-refractivity contribution in [3.8, 4) is 0 Å². The molecule has 3 N–H and O–H groups in total. The fourth-order valence-electron chi connectivity index (χ4n) is 2.16. The summed E-state index contributed by atoms with van der Waals surface area (Å²) in [6.45, 7) is 9.21. The smallest absolute Gasteiger partial charge is 0.287 e. The highest BCUT2D eigenvalue weighted by Crippen LogP contribution is 2.25. The molecule has 1 heterocycles. The van der Waals surface area contributed by atoms with Gasteiger partial charge in [0.25, 0.3) is 5.91 Å². The van der Waals surface area contributed by atoms with E-state index in [2.05, 4.69) is 14.8 Å². The molecule has 0 aliphatic carbocycles. The van der Waals surface area contributed by atoms with Gasteiger partial charge in [0.05, 0.1) is 0 Å². The van der Waals surface area contributed by atoms with Gasteiger partial charge in [-0.3, -0.25) is 9.59 Å². The molecule has 0 bridgehead atoms. The van der Waals surface area contributed by atoms with Crippen LogP contribution in [0.1, 0.15) is 47.5 Å². The first-order chi connectivity index (χ1) is 8.59. The van der Waals surface area contributed by atoms with Gasteiger partial charge in [0.2, 0.25) is 5.91 Å². The van der Waals surface area contributed by atoms with Gasteiger partial charge in [-0.15, -0.1) is 4.72 Å². The van der Waals surface area contributed by atoms with E-state index in [9.17, 15) is 14.1 Å². The van der Waals surface area contributed by atoms with Crippen LogP contribution in [0.4, 0.5) is 0 Å². The summed E-state index contributed by atoms with van der Waals surface area (Å²) >= 11 is -1.54. The van der Waals surface area contributed by atoms with Gasteiger partial charge in [0.1, 0.15) is 5.54 Å². The third kappa shape index (κ3) is 4.09. The summed E-state index contributed by atoms with van der Waals surface area (Å²) in [5, 5.41) is 2.94. The molecule has 1 aliphatic rings. The number of rotatable bonds is 5. The van der Waals surface area contributed by atoms with Crippen LogP contribution in [-0.4, -0.2) is 27.4 Å². The van der Waals surface area contributed by atoms with Gasteiger partial charge in [-0.1, -0.05) is 13.8 Å². The quantitative estimate of drug-likeness (QED) is 0.638. The first kappa shape index (κ1) is 16.3. The molecule has 1 aliphatic heterocycles. The molecule has 2 amide bonds. The molecule has 3 unspecified atom stereocenters. The number of hydrogen-bond donors (Lipinski definition) is 3. The van der Waals surface area contributed by atoms with Crippen molar-refractivity contribution < 1.29 is 14.1 Å². The van der Waals surface area contributed by atoms with Gasteiger partial charge in [-0.25, -0.2) is 0 Å². The fraction of sp³-hybridized carbons (Fsp3) is 0.833. The zero-order valence-corrected chi connectivity index (χ0v) is 12.9. The lowest BCUT2D eigenvalue weighted by Crippen LogP contribution is -2.55. The number of nitrogens with one attached hydrogen (secondary N) is 3. The predicted molar refractivity (Wildman–Crippen MR) is 74.1 cm³/mol. The molecule has 0 aromatic carbocycles. The van der Waals surface area contributed by atoms with Crippen molar-refractivity contribution in [2.24, 2.45) is 5.92 Å². The summed E-state index contributed by atoms with van der Waals surface area (Å²) in [5.41, 5.74) is -1.49. The molecule has 0 saturated carbocycles. The Kier molecular flexibility index (Phi) is 4.86. The minimum Gasteiger partial charge on any atom is -0.573 e. The van der Waals surface area contributed by atoms with Gasteiger partial charge >= 0.3 is 0 Å². The van der Waals surface area contributed by atoms with E-state index in [0.717, 1.165) is 6.42 Å². The van der Waals surface area contributed by atoms with Crippen LogP contribution >= 0.6 is 0 Å². The number of carbonyl (C=O) groups excluding carboxylic acids is 2. The molecule has 0 radical (unpaired) electrons. The van der Waals surface area contributed by atoms with Gasteiger partial charge in [-0.05, 0) is 27.2 Å². The molecule has 1 fully saturated rings. The van der Waals surface area contributed by atoms with Crippen molar-refractivity contribution in [2.75, 3.05) is 0 Å². The van der Waals surface area contributed by atoms with Crippen LogP contribution in [0.5, 0.6) is 0 Å². The van der Waals surface area contributed by atoms with E-state index in [4.69, 9.17) is 0 Å². The molecule has 0 spiro atoms. The van der Waals surface area contributed by atoms with Crippen LogP contribution in [0.2, 0.25) is 0 Å². The highest BCUT2D eigenvalue weighted by atomic mass is 32.2. The normalized spacial score (nSPS) is 28.9. The molecular weight excluding hydrogens is 266 g/mol. The molecule has 0 aromatic rings. The van der Waals surface area contributed by atoms with Crippen molar-refractivity contribution in [1.29, 1.82) is 0 Å². The predicted octanol–water partition coefficient (Wildman–Crippen LogP) is 0.374. The Morgan fingerprint density at radius 3 is 2.58 bits per heavy atom. The second-order valence-electron chi connectivity index (χ2n) is 5.99. The fourth-order valence-corrected chi connectivity index (χ4v) is 3.18. The van der Waals surface area contributed by atoms with E-state index in [-0.39, 0.29) is 17.7 Å². The van der Waals surface area contributed by atoms with Crippen LogP contribution in [-0.2, 0) is 21.1 Å². The summed E-state index contributed by atoms with van der Waals surface area (Å²) < 4.78 is 16.4. The van der Waals surface area contributed by atoms with Crippen molar-refractivity contribution in [3.63, 3.8) is 0 Å². The zero-order chi connectivity index (χ0) is 14.8. The summed E-state index contributed by atoms with van der Waals surface area (Å²) in [7, 11) is 0. The van der Waals surface area contributed by atoms with Crippen molar-refractivity contribution in [3.05, 3.63) is 0 Å². The summed E-state index contributed by atoms with van der Waals surface area (Å²) in [5.74, 6) is -0.404. The van der Waals surface area contributed by atoms with E-state index < -0.39 is 22.6 Å². The van der Waals surface area contributed by atoms with Gasteiger partial charge in [0, 0.05) is 17.9 Å². The van der Waals surface area contributed by atoms with E-state index in [1.165, 1.54) is 0 Å². The highest BCUT2D eigenvalue weighted by Gasteiger charge is 2.49. The van der Waals surface area contributed by atoms with E-state index in [1.54, 1.807) is 6.92 Å². The van der Waals surface area contributed by atoms with Gasteiger partial charge < -0.3 is 9.87 Å². The maximum Gasteiger partial charge on any atom is 0.287 e. The molecule has 3 atom stereocenters. The Bertz CT molecular complexity index is 375. The molecule has 110 valence electrons. The van der Waals surface area contributed by atoms with E-state index in [1.807, 2.05) is 27.7 Å². The van der Waals surface area contributed by atoms with Crippen LogP contribution in [0.3, 0.4) is 0 Å².